The Labute approximate surface area is 169 Å². The highest BCUT2D eigenvalue weighted by molar-refractivity contribution is 7.14. The van der Waals surface area contributed by atoms with Crippen LogP contribution in [-0.4, -0.2) is 22.0 Å². The standard InChI is InChI=1S/C20H16ClFN2O3S/c21-15-9-5-4-8-14(15)17-18(22)28-20(23-17)24-19(27)13(11-16(25)26)10-12-6-2-1-3-7-12/h1-9,13H,10-11H2,(H,25,26)(H,23,24,27). The number of aromatic nitrogens is 1. The number of carboxylic acids is 1. The molecule has 0 saturated carbocycles. The third kappa shape index (κ3) is 4.94. The number of carbonyl (C=O) groups is 2. The number of anilines is 1. The van der Waals surface area contributed by atoms with Gasteiger partial charge < -0.3 is 10.4 Å². The summed E-state index contributed by atoms with van der Waals surface area (Å²) in [6.07, 6.45) is -0.0871. The molecule has 0 fully saturated rings. The van der Waals surface area contributed by atoms with E-state index in [1.807, 2.05) is 30.3 Å². The molecule has 2 aromatic carbocycles. The number of nitrogens with zero attached hydrogens (tertiary/aromatic N) is 1. The van der Waals surface area contributed by atoms with Crippen molar-refractivity contribution in [3.63, 3.8) is 0 Å². The van der Waals surface area contributed by atoms with Crippen LogP contribution in [-0.2, 0) is 16.0 Å². The number of carbonyl (C=O) groups excluding carboxylic acids is 1. The Morgan fingerprint density at radius 3 is 2.50 bits per heavy atom. The summed E-state index contributed by atoms with van der Waals surface area (Å²) < 4.78 is 14.3. The molecular formula is C20H16ClFN2O3S. The smallest absolute Gasteiger partial charge is 0.304 e. The van der Waals surface area contributed by atoms with E-state index in [4.69, 9.17) is 16.7 Å². The SMILES string of the molecule is O=C(O)CC(Cc1ccccc1)C(=O)Nc1nc(-c2ccccc2Cl)c(F)s1. The lowest BCUT2D eigenvalue weighted by Gasteiger charge is -2.14. The van der Waals surface area contributed by atoms with Gasteiger partial charge in [0.05, 0.1) is 17.4 Å². The Bertz CT molecular complexity index is 994. The molecule has 0 spiro atoms. The second kappa shape index (κ2) is 8.95. The maximum absolute atomic E-state index is 14.3. The number of amides is 1. The van der Waals surface area contributed by atoms with Crippen molar-refractivity contribution in [2.45, 2.75) is 12.8 Å². The van der Waals surface area contributed by atoms with E-state index < -0.39 is 22.9 Å². The van der Waals surface area contributed by atoms with Gasteiger partial charge in [0.25, 0.3) is 0 Å². The molecular weight excluding hydrogens is 403 g/mol. The molecule has 3 rings (SSSR count). The van der Waals surface area contributed by atoms with Crippen LogP contribution in [0.1, 0.15) is 12.0 Å². The first-order chi connectivity index (χ1) is 13.4. The zero-order chi connectivity index (χ0) is 20.1. The van der Waals surface area contributed by atoms with E-state index in [1.165, 1.54) is 0 Å². The van der Waals surface area contributed by atoms with Crippen LogP contribution in [0.3, 0.4) is 0 Å². The summed E-state index contributed by atoms with van der Waals surface area (Å²) in [7, 11) is 0. The van der Waals surface area contributed by atoms with E-state index in [-0.39, 0.29) is 23.7 Å². The third-order valence-electron chi connectivity index (χ3n) is 4.06. The van der Waals surface area contributed by atoms with E-state index in [9.17, 15) is 14.0 Å². The minimum atomic E-state index is -1.09. The average molecular weight is 419 g/mol. The Balaban J connectivity index is 1.79. The maximum Gasteiger partial charge on any atom is 0.304 e. The van der Waals surface area contributed by atoms with Gasteiger partial charge in [0.1, 0.15) is 5.69 Å². The zero-order valence-electron chi connectivity index (χ0n) is 14.6. The first-order valence-electron chi connectivity index (χ1n) is 8.42. The number of rotatable bonds is 7. The van der Waals surface area contributed by atoms with Crippen molar-refractivity contribution in [3.05, 3.63) is 70.3 Å². The summed E-state index contributed by atoms with van der Waals surface area (Å²) in [5, 5.41) is 11.5. The van der Waals surface area contributed by atoms with Gasteiger partial charge in [0, 0.05) is 5.56 Å². The van der Waals surface area contributed by atoms with E-state index in [2.05, 4.69) is 10.3 Å². The van der Waals surface area contributed by atoms with E-state index in [1.54, 1.807) is 24.3 Å². The molecule has 0 aliphatic carbocycles. The van der Waals surface area contributed by atoms with Crippen LogP contribution in [0.4, 0.5) is 9.52 Å². The summed E-state index contributed by atoms with van der Waals surface area (Å²) >= 11 is 6.76. The fourth-order valence-corrected chi connectivity index (χ4v) is 3.68. The highest BCUT2D eigenvalue weighted by Gasteiger charge is 2.24. The Hall–Kier alpha value is -2.77. The number of hydrogen-bond donors (Lipinski definition) is 2. The molecule has 1 unspecified atom stereocenters. The second-order valence-electron chi connectivity index (χ2n) is 6.09. The van der Waals surface area contributed by atoms with Gasteiger partial charge in [-0.1, -0.05) is 71.5 Å². The highest BCUT2D eigenvalue weighted by Crippen LogP contribution is 2.34. The number of nitrogens with one attached hydrogen (secondary N) is 1. The van der Waals surface area contributed by atoms with E-state index in [0.717, 1.165) is 5.56 Å². The fraction of sp³-hybridized carbons (Fsp3) is 0.150. The van der Waals surface area contributed by atoms with Gasteiger partial charge in [0.15, 0.2) is 5.13 Å². The van der Waals surface area contributed by atoms with Crippen molar-refractivity contribution < 1.29 is 19.1 Å². The van der Waals surface area contributed by atoms with Crippen LogP contribution in [0.5, 0.6) is 0 Å². The Morgan fingerprint density at radius 2 is 1.82 bits per heavy atom. The van der Waals surface area contributed by atoms with Crippen LogP contribution < -0.4 is 5.32 Å². The minimum absolute atomic E-state index is 0.0451. The molecule has 0 bridgehead atoms. The summed E-state index contributed by atoms with van der Waals surface area (Å²) in [5.41, 5.74) is 1.31. The van der Waals surface area contributed by atoms with Crippen molar-refractivity contribution >= 4 is 39.9 Å². The minimum Gasteiger partial charge on any atom is -0.481 e. The van der Waals surface area contributed by atoms with Crippen molar-refractivity contribution in [1.29, 1.82) is 0 Å². The molecule has 0 saturated heterocycles. The molecule has 1 atom stereocenters. The number of carboxylic acid groups (broad SMARTS) is 1. The van der Waals surface area contributed by atoms with Gasteiger partial charge in [-0.05, 0) is 18.1 Å². The quantitative estimate of drug-likeness (QED) is 0.573. The molecule has 144 valence electrons. The number of halogens is 2. The van der Waals surface area contributed by atoms with Crippen LogP contribution in [0.15, 0.2) is 54.6 Å². The van der Waals surface area contributed by atoms with Gasteiger partial charge in [-0.2, -0.15) is 4.39 Å². The van der Waals surface area contributed by atoms with Crippen LogP contribution in [0.2, 0.25) is 5.02 Å². The number of benzene rings is 2. The number of thiazole rings is 1. The van der Waals surface area contributed by atoms with Crippen LogP contribution >= 0.6 is 22.9 Å². The lowest BCUT2D eigenvalue weighted by Crippen LogP contribution is -2.27. The molecule has 5 nitrogen and oxygen atoms in total. The van der Waals surface area contributed by atoms with Crippen LogP contribution in [0, 0.1) is 11.0 Å². The normalized spacial score (nSPS) is 11.8. The monoisotopic (exact) mass is 418 g/mol. The lowest BCUT2D eigenvalue weighted by atomic mass is 9.95. The molecule has 2 N–H and O–H groups in total. The Kier molecular flexibility index (Phi) is 6.38. The molecule has 1 heterocycles. The summed E-state index contributed by atoms with van der Waals surface area (Å²) in [5.74, 6) is -2.42. The highest BCUT2D eigenvalue weighted by atomic mass is 35.5. The Morgan fingerprint density at radius 1 is 1.14 bits per heavy atom. The van der Waals surface area contributed by atoms with Crippen molar-refractivity contribution in [3.8, 4) is 11.3 Å². The fourth-order valence-electron chi connectivity index (χ4n) is 2.75. The predicted molar refractivity (Wildman–Crippen MR) is 107 cm³/mol. The van der Waals surface area contributed by atoms with Gasteiger partial charge in [0.2, 0.25) is 11.0 Å². The van der Waals surface area contributed by atoms with E-state index in [0.29, 0.717) is 21.9 Å². The first kappa shape index (κ1) is 20.0. The number of hydrogen-bond acceptors (Lipinski definition) is 4. The van der Waals surface area contributed by atoms with Gasteiger partial charge in [-0.15, -0.1) is 0 Å². The number of aliphatic carboxylic acids is 1. The van der Waals surface area contributed by atoms with E-state index >= 15 is 0 Å². The second-order valence-corrected chi connectivity index (χ2v) is 7.45. The summed E-state index contributed by atoms with van der Waals surface area (Å²) in [4.78, 5) is 27.9. The predicted octanol–water partition coefficient (Wildman–Crippen LogP) is 4.87. The first-order valence-corrected chi connectivity index (χ1v) is 9.61. The van der Waals surface area contributed by atoms with Crippen molar-refractivity contribution in [2.75, 3.05) is 5.32 Å². The van der Waals surface area contributed by atoms with Crippen LogP contribution in [0.25, 0.3) is 11.3 Å². The van der Waals surface area contributed by atoms with Crippen molar-refractivity contribution in [2.24, 2.45) is 5.92 Å². The maximum atomic E-state index is 14.3. The summed E-state index contributed by atoms with van der Waals surface area (Å²) in [6, 6.07) is 15.8. The molecule has 1 amide bonds. The molecule has 3 aromatic rings. The van der Waals surface area contributed by atoms with Crippen molar-refractivity contribution in [1.82, 2.24) is 4.98 Å². The topological polar surface area (TPSA) is 79.3 Å². The molecule has 1 aromatic heterocycles. The molecule has 0 aliphatic rings. The van der Waals surface area contributed by atoms with Gasteiger partial charge in [-0.3, -0.25) is 9.59 Å². The molecule has 28 heavy (non-hydrogen) atoms. The molecule has 8 heteroatoms. The largest absolute Gasteiger partial charge is 0.481 e. The molecule has 0 aliphatic heterocycles. The summed E-state index contributed by atoms with van der Waals surface area (Å²) in [6.45, 7) is 0. The average Bonchev–Trinajstić information content (AvgIpc) is 3.02. The third-order valence-corrected chi connectivity index (χ3v) is 5.15. The van der Waals surface area contributed by atoms with Gasteiger partial charge >= 0.3 is 5.97 Å². The lowest BCUT2D eigenvalue weighted by molar-refractivity contribution is -0.140. The van der Waals surface area contributed by atoms with Gasteiger partial charge in [-0.25, -0.2) is 4.98 Å². The molecule has 0 radical (unpaired) electrons. The zero-order valence-corrected chi connectivity index (χ0v) is 16.1.